The number of nitrogens with zero attached hydrogens (tertiary/aromatic N) is 1. The fourth-order valence-corrected chi connectivity index (χ4v) is 3.80. The number of nitrogen functional groups attached to an aromatic ring is 1. The van der Waals surface area contributed by atoms with Crippen molar-refractivity contribution in [3.8, 4) is 0 Å². The van der Waals surface area contributed by atoms with Crippen LogP contribution in [0.4, 0.5) is 5.95 Å². The van der Waals surface area contributed by atoms with Crippen LogP contribution in [0.5, 0.6) is 0 Å². The molecule has 0 aliphatic carbocycles. The van der Waals surface area contributed by atoms with Gasteiger partial charge in [-0.25, -0.2) is 4.79 Å². The quantitative estimate of drug-likeness (QED) is 0.0720. The summed E-state index contributed by atoms with van der Waals surface area (Å²) in [7, 11) is 0. The monoisotopic (exact) mass is 687 g/mol. The van der Waals surface area contributed by atoms with E-state index in [0.717, 1.165) is 11.1 Å². The molecule has 19 heteroatoms. The third-order valence-corrected chi connectivity index (χ3v) is 6.19. The normalized spacial score (nSPS) is 13.1. The molecule has 3 aromatic rings. The third kappa shape index (κ3) is 13.7. The topological polar surface area (TPSA) is 309 Å². The molecule has 4 atom stereocenters. The van der Waals surface area contributed by atoms with E-state index in [1.165, 1.54) is 0 Å². The average Bonchev–Trinajstić information content (AvgIpc) is 3.39. The SMILES string of the molecule is Nc1nc(=O)c2c(CCc3ccc(C(=O)N[C@@H](CCC(=O)O)C(=O)O)cc3)c[nH]c2[nH]1.O=C(CO)[C@@H](O)[C@H](O)[C@H](O)CO.[KH].[KH]. The number of nitrogens with two attached hydrogens (primary N) is 1. The number of Topliss-reactive ketones (excluding diaryl/α,β-unsaturated/α-hetero) is 1. The molecule has 17 nitrogen and oxygen atoms in total. The van der Waals surface area contributed by atoms with Gasteiger partial charge in [-0.2, -0.15) is 4.98 Å². The number of aliphatic hydroxyl groups excluding tert-OH is 5. The summed E-state index contributed by atoms with van der Waals surface area (Å²) in [5.41, 5.74) is 7.59. The Balaban J connectivity index is 0.00000118. The van der Waals surface area contributed by atoms with E-state index in [4.69, 9.17) is 41.5 Å². The van der Waals surface area contributed by atoms with E-state index in [1.807, 2.05) is 0 Å². The van der Waals surface area contributed by atoms with Gasteiger partial charge in [0.2, 0.25) is 5.95 Å². The first kappa shape index (κ1) is 43.6. The summed E-state index contributed by atoms with van der Waals surface area (Å²) < 4.78 is 0. The average molecular weight is 688 g/mol. The van der Waals surface area contributed by atoms with Crippen molar-refractivity contribution in [3.05, 3.63) is 57.5 Å². The molecule has 0 fully saturated rings. The molecule has 45 heavy (non-hydrogen) atoms. The predicted molar refractivity (Wildman–Crippen MR) is 162 cm³/mol. The minimum absolute atomic E-state index is 0. The number of carbonyl (C=O) groups excluding carboxylic acids is 2. The summed E-state index contributed by atoms with van der Waals surface area (Å²) >= 11 is 0. The van der Waals surface area contributed by atoms with Gasteiger partial charge in [-0.3, -0.25) is 19.2 Å². The van der Waals surface area contributed by atoms with E-state index in [2.05, 4.69) is 20.3 Å². The first-order valence-corrected chi connectivity index (χ1v) is 12.8. The Morgan fingerprint density at radius 3 is 2.13 bits per heavy atom. The summed E-state index contributed by atoms with van der Waals surface area (Å²) in [5, 5.41) is 63.7. The number of ketones is 1. The van der Waals surface area contributed by atoms with Crippen molar-refractivity contribution in [1.29, 1.82) is 0 Å². The first-order valence-electron chi connectivity index (χ1n) is 12.8. The predicted octanol–water partition coefficient (Wildman–Crippen LogP) is -4.01. The number of aromatic nitrogens is 3. The van der Waals surface area contributed by atoms with Crippen molar-refractivity contribution < 1.29 is 54.9 Å². The first-order chi connectivity index (χ1) is 20.3. The van der Waals surface area contributed by atoms with Crippen molar-refractivity contribution in [2.75, 3.05) is 18.9 Å². The van der Waals surface area contributed by atoms with E-state index in [1.54, 1.807) is 30.5 Å². The van der Waals surface area contributed by atoms with Crippen molar-refractivity contribution in [3.63, 3.8) is 0 Å². The maximum atomic E-state index is 12.3. The van der Waals surface area contributed by atoms with Crippen LogP contribution in [0.15, 0.2) is 35.3 Å². The number of carboxylic acid groups (broad SMARTS) is 2. The molecular formula is C26H35K2N5O12. The Hall–Kier alpha value is -1.41. The molecule has 238 valence electrons. The van der Waals surface area contributed by atoms with Crippen molar-refractivity contribution in [2.24, 2.45) is 0 Å². The van der Waals surface area contributed by atoms with Gasteiger partial charge >= 0.3 is 115 Å². The summed E-state index contributed by atoms with van der Waals surface area (Å²) in [4.78, 5) is 66.2. The molecule has 1 aromatic carbocycles. The molecule has 2 heterocycles. The maximum absolute atomic E-state index is 12.3. The number of aliphatic carboxylic acids is 2. The molecule has 2 aromatic heterocycles. The van der Waals surface area contributed by atoms with E-state index in [9.17, 15) is 24.0 Å². The molecule has 0 spiro atoms. The molecule has 0 aliphatic rings. The summed E-state index contributed by atoms with van der Waals surface area (Å²) in [6, 6.07) is 5.30. The van der Waals surface area contributed by atoms with Crippen LogP contribution in [-0.2, 0) is 27.2 Å². The Morgan fingerprint density at radius 2 is 1.60 bits per heavy atom. The number of carbonyl (C=O) groups is 4. The van der Waals surface area contributed by atoms with E-state index in [-0.39, 0.29) is 127 Å². The second-order valence-electron chi connectivity index (χ2n) is 9.29. The number of rotatable bonds is 14. The zero-order valence-electron chi connectivity index (χ0n) is 22.6. The summed E-state index contributed by atoms with van der Waals surface area (Å²) in [6.45, 7) is -1.69. The number of hydrogen-bond acceptors (Lipinski definition) is 12. The van der Waals surface area contributed by atoms with Crippen LogP contribution in [0.25, 0.3) is 11.0 Å². The summed E-state index contributed by atoms with van der Waals surface area (Å²) in [5.74, 6) is -4.00. The van der Waals surface area contributed by atoms with Crippen LogP contribution < -0.4 is 16.6 Å². The Morgan fingerprint density at radius 1 is 0.978 bits per heavy atom. The number of H-pyrrole nitrogens is 2. The number of aromatic amines is 2. The Kier molecular flexibility index (Phi) is 20.8. The molecule has 1 amide bonds. The number of aryl methyl sites for hydroxylation is 2. The number of hydrogen-bond donors (Lipinski definition) is 11. The molecule has 12 N–H and O–H groups in total. The van der Waals surface area contributed by atoms with Crippen LogP contribution in [0.1, 0.15) is 34.3 Å². The molecule has 0 bridgehead atoms. The zero-order chi connectivity index (χ0) is 32.3. The standard InChI is InChI=1S/C20H21N5O6.C6H12O6.2K.2H/c21-20-24-16-15(18(29)25-20)12(9-22-16)6-3-10-1-4-11(5-2-10)17(28)23-13(19(30)31)7-8-14(26)27;7-1-3(9)5(11)6(12)4(10)2-8;;;;/h1-2,4-5,9,13H,3,6-8H2,(H,23,28)(H,26,27)(H,30,31)(H4,21,22,24,25,29);3,5-9,11-12H,1-2H2;;;;/t13-;3-,5-,6-;;;;/m01..../s1. The fraction of sp³-hybridized carbons (Fsp3) is 0.385. The van der Waals surface area contributed by atoms with Gasteiger partial charge in [-0.1, -0.05) is 12.1 Å². The number of carboxylic acids is 2. The van der Waals surface area contributed by atoms with Crippen LogP contribution in [0.2, 0.25) is 0 Å². The van der Waals surface area contributed by atoms with Gasteiger partial charge in [-0.15, -0.1) is 0 Å². The Bertz CT molecular complexity index is 1480. The van der Waals surface area contributed by atoms with E-state index < -0.39 is 66.8 Å². The zero-order valence-corrected chi connectivity index (χ0v) is 22.6. The number of benzene rings is 1. The van der Waals surface area contributed by atoms with Crippen molar-refractivity contribution >= 4 is 143 Å². The van der Waals surface area contributed by atoms with Gasteiger partial charge in [-0.05, 0) is 42.5 Å². The van der Waals surface area contributed by atoms with Crippen molar-refractivity contribution in [2.45, 2.75) is 50.0 Å². The van der Waals surface area contributed by atoms with E-state index in [0.29, 0.717) is 23.9 Å². The van der Waals surface area contributed by atoms with Gasteiger partial charge < -0.3 is 56.8 Å². The van der Waals surface area contributed by atoms with Crippen LogP contribution in [0, 0.1) is 0 Å². The van der Waals surface area contributed by atoms with Crippen LogP contribution in [0.3, 0.4) is 0 Å². The number of amides is 1. The molecular weight excluding hydrogens is 653 g/mol. The van der Waals surface area contributed by atoms with Crippen molar-refractivity contribution in [1.82, 2.24) is 20.3 Å². The molecule has 3 rings (SSSR count). The second kappa shape index (κ2) is 21.5. The Labute approximate surface area is 340 Å². The number of anilines is 1. The summed E-state index contributed by atoms with van der Waals surface area (Å²) in [6.07, 6.45) is -2.93. The van der Waals surface area contributed by atoms with Gasteiger partial charge in [0.25, 0.3) is 11.5 Å². The number of nitrogens with one attached hydrogen (secondary N) is 3. The third-order valence-electron chi connectivity index (χ3n) is 6.19. The molecule has 0 saturated heterocycles. The minimum atomic E-state index is -1.86. The molecule has 0 unspecified atom stereocenters. The molecule has 0 saturated carbocycles. The molecule has 0 radical (unpaired) electrons. The van der Waals surface area contributed by atoms with Gasteiger partial charge in [0, 0.05) is 18.2 Å². The van der Waals surface area contributed by atoms with Gasteiger partial charge in [0.05, 0.1) is 12.0 Å². The second-order valence-corrected chi connectivity index (χ2v) is 9.29. The van der Waals surface area contributed by atoms with E-state index >= 15 is 0 Å². The van der Waals surface area contributed by atoms with Gasteiger partial charge in [0.1, 0.15) is 36.6 Å². The number of fused-ring (bicyclic) bond motifs is 1. The van der Waals surface area contributed by atoms with Crippen LogP contribution >= 0.6 is 0 Å². The van der Waals surface area contributed by atoms with Crippen LogP contribution in [-0.4, -0.2) is 215 Å². The fourth-order valence-electron chi connectivity index (χ4n) is 3.80. The molecule has 0 aliphatic heterocycles. The number of aliphatic hydroxyl groups is 5. The van der Waals surface area contributed by atoms with Gasteiger partial charge in [0.15, 0.2) is 5.78 Å².